The van der Waals surface area contributed by atoms with Crippen LogP contribution in [0.3, 0.4) is 0 Å². The van der Waals surface area contributed by atoms with Gasteiger partial charge in [0, 0.05) is 29.7 Å². The molecular formula is C23H31IN2O4. The third-order valence-corrected chi connectivity index (χ3v) is 6.67. The number of esters is 1. The van der Waals surface area contributed by atoms with E-state index >= 15 is 0 Å². The first-order valence-corrected chi connectivity index (χ1v) is 10.4. The molecule has 0 amide bonds. The van der Waals surface area contributed by atoms with E-state index < -0.39 is 0 Å². The minimum atomic E-state index is -0.293. The number of nitrogens with one attached hydrogen (secondary N) is 1. The van der Waals surface area contributed by atoms with Gasteiger partial charge in [-0.3, -0.25) is 4.90 Å². The number of ether oxygens (including phenoxy) is 3. The van der Waals surface area contributed by atoms with E-state index in [2.05, 4.69) is 22.9 Å². The van der Waals surface area contributed by atoms with Gasteiger partial charge in [-0.25, -0.2) is 4.79 Å². The number of hydrogen-bond acceptors (Lipinski definition) is 5. The lowest BCUT2D eigenvalue weighted by molar-refractivity contribution is -0.137. The molecule has 2 aliphatic heterocycles. The molecule has 0 saturated carbocycles. The van der Waals surface area contributed by atoms with Gasteiger partial charge in [0.1, 0.15) is 5.75 Å². The van der Waals surface area contributed by atoms with Crippen molar-refractivity contribution in [2.45, 2.75) is 32.2 Å². The Morgan fingerprint density at radius 3 is 2.77 bits per heavy atom. The summed E-state index contributed by atoms with van der Waals surface area (Å²) in [5.41, 5.74) is 4.37. The van der Waals surface area contributed by atoms with E-state index in [4.69, 9.17) is 14.2 Å². The molecule has 1 saturated heterocycles. The molecule has 4 rings (SSSR count). The maximum Gasteiger partial charge on any atom is 0.337 e. The lowest BCUT2D eigenvalue weighted by atomic mass is 9.74. The predicted octanol–water partition coefficient (Wildman–Crippen LogP) is 4.44. The fourth-order valence-corrected chi connectivity index (χ4v) is 5.28. The van der Waals surface area contributed by atoms with Crippen molar-refractivity contribution in [3.63, 3.8) is 0 Å². The predicted molar refractivity (Wildman–Crippen MR) is 127 cm³/mol. The zero-order chi connectivity index (χ0) is 20.5. The zero-order valence-corrected chi connectivity index (χ0v) is 20.4. The lowest BCUT2D eigenvalue weighted by Gasteiger charge is -2.46. The number of benzene rings is 1. The minimum absolute atomic E-state index is 0. The highest BCUT2D eigenvalue weighted by Crippen LogP contribution is 2.47. The molecule has 3 atom stereocenters. The highest BCUT2D eigenvalue weighted by Gasteiger charge is 2.42. The number of rotatable bonds is 5. The van der Waals surface area contributed by atoms with Crippen LogP contribution in [0.1, 0.15) is 37.1 Å². The number of piperidine rings is 1. The first kappa shape index (κ1) is 22.9. The first-order valence-electron chi connectivity index (χ1n) is 10.4. The Labute approximate surface area is 195 Å². The average molecular weight is 526 g/mol. The van der Waals surface area contributed by atoms with Crippen LogP contribution < -0.4 is 4.74 Å². The number of aromatic nitrogens is 1. The Kier molecular flexibility index (Phi) is 7.34. The maximum absolute atomic E-state index is 12.5. The van der Waals surface area contributed by atoms with Gasteiger partial charge in [-0.1, -0.05) is 19.4 Å². The Hall–Kier alpha value is -1.74. The number of H-pyrrole nitrogens is 1. The monoisotopic (exact) mass is 526 g/mol. The van der Waals surface area contributed by atoms with Crippen LogP contribution in [0.25, 0.3) is 10.9 Å². The zero-order valence-electron chi connectivity index (χ0n) is 18.1. The lowest BCUT2D eigenvalue weighted by Crippen LogP contribution is -2.47. The molecule has 2 aliphatic rings. The molecular weight excluding hydrogens is 495 g/mol. The minimum Gasteiger partial charge on any atom is -0.504 e. The van der Waals surface area contributed by atoms with E-state index in [0.29, 0.717) is 11.5 Å². The fraction of sp³-hybridized carbons (Fsp3) is 0.522. The molecule has 0 radical (unpaired) electrons. The van der Waals surface area contributed by atoms with Gasteiger partial charge >= 0.3 is 5.97 Å². The summed E-state index contributed by atoms with van der Waals surface area (Å²) >= 11 is 0. The van der Waals surface area contributed by atoms with Gasteiger partial charge in [-0.15, -0.1) is 24.0 Å². The quantitative estimate of drug-likeness (QED) is 0.270. The molecule has 1 fully saturated rings. The summed E-state index contributed by atoms with van der Waals surface area (Å²) in [6, 6.07) is 6.40. The molecule has 3 heterocycles. The van der Waals surface area contributed by atoms with Gasteiger partial charge < -0.3 is 19.2 Å². The van der Waals surface area contributed by atoms with Crippen LogP contribution >= 0.6 is 24.0 Å². The highest BCUT2D eigenvalue weighted by atomic mass is 127. The van der Waals surface area contributed by atoms with Gasteiger partial charge in [-0.05, 0) is 42.4 Å². The normalized spacial score (nSPS) is 23.9. The van der Waals surface area contributed by atoms with Crippen LogP contribution in [0.15, 0.2) is 30.0 Å². The van der Waals surface area contributed by atoms with Crippen molar-refractivity contribution in [1.82, 2.24) is 9.88 Å². The summed E-state index contributed by atoms with van der Waals surface area (Å²) in [6.07, 6.45) is 4.46. The van der Waals surface area contributed by atoms with E-state index in [1.165, 1.54) is 23.8 Å². The van der Waals surface area contributed by atoms with Gasteiger partial charge in [0.25, 0.3) is 0 Å². The van der Waals surface area contributed by atoms with Crippen LogP contribution in [0.4, 0.5) is 0 Å². The number of aromatic amines is 1. The van der Waals surface area contributed by atoms with Gasteiger partial charge in [0.05, 0.1) is 39.2 Å². The van der Waals surface area contributed by atoms with Gasteiger partial charge in [0.2, 0.25) is 0 Å². The third kappa shape index (κ3) is 3.82. The SMILES string of the molecule is CC[C@@H]1CN2CCc3c([nH]c4cccc(OC)c34)[C@@H]2C[C@@H]1/C(=C\OC)C(=O)OC.I. The van der Waals surface area contributed by atoms with Crippen LogP contribution in [-0.4, -0.2) is 50.3 Å². The van der Waals surface area contributed by atoms with E-state index in [1.807, 2.05) is 12.1 Å². The standard InChI is InChI=1S/C23H30N2O4.HI/c1-5-14-12-25-10-9-15-21-18(7-6-8-20(21)28-3)24-22(15)19(25)11-16(14)17(13-27-2)23(26)29-4;/h6-8,13-14,16,19,24H,5,9-12H2,1-4H3;1H/b17-13+;/t14-,16+,19+;/m1./s1. The van der Waals surface area contributed by atoms with E-state index in [0.717, 1.165) is 43.6 Å². The van der Waals surface area contributed by atoms with Crippen molar-refractivity contribution in [1.29, 1.82) is 0 Å². The largest absolute Gasteiger partial charge is 0.504 e. The van der Waals surface area contributed by atoms with Crippen molar-refractivity contribution in [3.05, 3.63) is 41.3 Å². The van der Waals surface area contributed by atoms with E-state index in [9.17, 15) is 4.79 Å². The topological polar surface area (TPSA) is 63.8 Å². The van der Waals surface area contributed by atoms with E-state index in [-0.39, 0.29) is 41.9 Å². The van der Waals surface area contributed by atoms with Crippen molar-refractivity contribution in [3.8, 4) is 5.75 Å². The van der Waals surface area contributed by atoms with Crippen molar-refractivity contribution in [2.75, 3.05) is 34.4 Å². The molecule has 0 unspecified atom stereocenters. The summed E-state index contributed by atoms with van der Waals surface area (Å²) in [6.45, 7) is 4.19. The molecule has 7 heteroatoms. The maximum atomic E-state index is 12.5. The summed E-state index contributed by atoms with van der Waals surface area (Å²) in [5, 5.41) is 1.19. The molecule has 1 aromatic carbocycles. The fourth-order valence-electron chi connectivity index (χ4n) is 5.28. The second kappa shape index (κ2) is 9.60. The molecule has 0 aliphatic carbocycles. The smallest absolute Gasteiger partial charge is 0.337 e. The number of fused-ring (bicyclic) bond motifs is 5. The highest BCUT2D eigenvalue weighted by molar-refractivity contribution is 14.0. The molecule has 2 aromatic rings. The summed E-state index contributed by atoms with van der Waals surface area (Å²) < 4.78 is 16.0. The van der Waals surface area contributed by atoms with Gasteiger partial charge in [-0.2, -0.15) is 0 Å². The second-order valence-electron chi connectivity index (χ2n) is 7.97. The Bertz CT molecular complexity index is 939. The first-order chi connectivity index (χ1) is 14.1. The van der Waals surface area contributed by atoms with Crippen LogP contribution in [0, 0.1) is 11.8 Å². The number of carbonyl (C=O) groups excluding carboxylic acids is 1. The molecule has 30 heavy (non-hydrogen) atoms. The Morgan fingerprint density at radius 1 is 1.30 bits per heavy atom. The van der Waals surface area contributed by atoms with Gasteiger partial charge in [0.15, 0.2) is 0 Å². The average Bonchev–Trinajstić information content (AvgIpc) is 3.15. The molecule has 1 aromatic heterocycles. The number of methoxy groups -OCH3 is 3. The second-order valence-corrected chi connectivity index (χ2v) is 7.97. The summed E-state index contributed by atoms with van der Waals surface area (Å²) in [7, 11) is 4.75. The number of halogens is 1. The summed E-state index contributed by atoms with van der Waals surface area (Å²) in [4.78, 5) is 18.7. The Balaban J connectivity index is 0.00000256. The van der Waals surface area contributed by atoms with Crippen molar-refractivity contribution in [2.24, 2.45) is 11.8 Å². The van der Waals surface area contributed by atoms with Crippen LogP contribution in [0.5, 0.6) is 5.75 Å². The molecule has 1 N–H and O–H groups in total. The number of carbonyl (C=O) groups is 1. The van der Waals surface area contributed by atoms with Crippen LogP contribution in [-0.2, 0) is 20.7 Å². The summed E-state index contributed by atoms with van der Waals surface area (Å²) in [5.74, 6) is 1.12. The molecule has 0 bridgehead atoms. The third-order valence-electron chi connectivity index (χ3n) is 6.67. The van der Waals surface area contributed by atoms with Crippen molar-refractivity contribution < 1.29 is 19.0 Å². The number of nitrogens with zero attached hydrogens (tertiary/aromatic N) is 1. The van der Waals surface area contributed by atoms with Crippen LogP contribution in [0.2, 0.25) is 0 Å². The number of hydrogen-bond donors (Lipinski definition) is 1. The van der Waals surface area contributed by atoms with Crippen molar-refractivity contribution >= 4 is 40.8 Å². The molecule has 0 spiro atoms. The molecule has 6 nitrogen and oxygen atoms in total. The molecule has 164 valence electrons. The van der Waals surface area contributed by atoms with E-state index in [1.54, 1.807) is 20.5 Å². The Morgan fingerprint density at radius 2 is 2.10 bits per heavy atom.